The van der Waals surface area contributed by atoms with Crippen LogP contribution in [0.25, 0.3) is 0 Å². The Hall–Kier alpha value is -0.0800. The van der Waals surface area contributed by atoms with Gasteiger partial charge in [-0.2, -0.15) is 0 Å². The molecule has 1 aliphatic rings. The van der Waals surface area contributed by atoms with Crippen molar-refractivity contribution in [2.24, 2.45) is 17.1 Å². The number of nitrogens with two attached hydrogens (primary N) is 1. The van der Waals surface area contributed by atoms with Gasteiger partial charge in [0.25, 0.3) is 0 Å². The topological polar surface area (TPSA) is 46.2 Å². The van der Waals surface area contributed by atoms with Gasteiger partial charge in [0.05, 0.1) is 0 Å². The lowest BCUT2D eigenvalue weighted by Crippen LogP contribution is -2.57. The summed E-state index contributed by atoms with van der Waals surface area (Å²) in [5.74, 6) is 0.791. The number of aliphatic hydroxyl groups is 1. The quantitative estimate of drug-likeness (QED) is 0.676. The van der Waals surface area contributed by atoms with E-state index in [1.165, 1.54) is 12.8 Å². The molecule has 0 atom stereocenters. The lowest BCUT2D eigenvalue weighted by molar-refractivity contribution is -0.0251. The monoisotopic (exact) mass is 171 g/mol. The molecule has 3 N–H and O–H groups in total. The Morgan fingerprint density at radius 1 is 1.50 bits per heavy atom. The minimum atomic E-state index is -0.137. The molecular formula is C10H21NO. The molecule has 72 valence electrons. The fourth-order valence-corrected chi connectivity index (χ4v) is 2.54. The van der Waals surface area contributed by atoms with Crippen LogP contribution in [0, 0.1) is 11.3 Å². The molecule has 2 nitrogen and oxygen atoms in total. The van der Waals surface area contributed by atoms with E-state index in [0.717, 1.165) is 12.3 Å². The predicted octanol–water partition coefficient (Wildman–Crippen LogP) is 1.52. The fraction of sp³-hybridized carbons (Fsp3) is 1.00. The second kappa shape index (κ2) is 3.00. The van der Waals surface area contributed by atoms with Gasteiger partial charge in [0.1, 0.15) is 0 Å². The van der Waals surface area contributed by atoms with Gasteiger partial charge in [-0.25, -0.2) is 0 Å². The Labute approximate surface area is 75.2 Å². The highest BCUT2D eigenvalue weighted by Crippen LogP contribution is 2.53. The van der Waals surface area contributed by atoms with Gasteiger partial charge in [0.15, 0.2) is 0 Å². The molecule has 0 amide bonds. The van der Waals surface area contributed by atoms with E-state index in [1.54, 1.807) is 0 Å². The second-order valence-electron chi connectivity index (χ2n) is 4.99. The first-order valence-corrected chi connectivity index (χ1v) is 4.81. The van der Waals surface area contributed by atoms with Crippen LogP contribution in [0.5, 0.6) is 0 Å². The maximum absolute atomic E-state index is 8.96. The summed E-state index contributed by atoms with van der Waals surface area (Å²) in [5.41, 5.74) is 6.19. The first kappa shape index (κ1) is 10.0. The van der Waals surface area contributed by atoms with Crippen LogP contribution in [-0.4, -0.2) is 17.3 Å². The van der Waals surface area contributed by atoms with Crippen molar-refractivity contribution in [3.05, 3.63) is 0 Å². The molecule has 1 saturated carbocycles. The third-order valence-corrected chi connectivity index (χ3v) is 3.44. The van der Waals surface area contributed by atoms with E-state index in [-0.39, 0.29) is 17.6 Å². The molecule has 0 aromatic carbocycles. The third kappa shape index (κ3) is 1.50. The SMILES string of the molecule is CC1CC(CCO)(C(C)(C)N)C1. The number of rotatable bonds is 3. The number of hydrogen-bond acceptors (Lipinski definition) is 2. The molecular weight excluding hydrogens is 150 g/mol. The molecule has 0 unspecified atom stereocenters. The van der Waals surface area contributed by atoms with Crippen molar-refractivity contribution in [2.75, 3.05) is 6.61 Å². The van der Waals surface area contributed by atoms with Crippen LogP contribution in [0.3, 0.4) is 0 Å². The Morgan fingerprint density at radius 3 is 2.25 bits per heavy atom. The summed E-state index contributed by atoms with van der Waals surface area (Å²) in [5, 5.41) is 8.96. The van der Waals surface area contributed by atoms with Gasteiger partial charge >= 0.3 is 0 Å². The van der Waals surface area contributed by atoms with Crippen LogP contribution in [0.15, 0.2) is 0 Å². The molecule has 1 rings (SSSR count). The molecule has 0 saturated heterocycles. The van der Waals surface area contributed by atoms with Crippen LogP contribution in [0.2, 0.25) is 0 Å². The van der Waals surface area contributed by atoms with E-state index in [9.17, 15) is 0 Å². The minimum absolute atomic E-state index is 0.137. The number of hydrogen-bond donors (Lipinski definition) is 2. The smallest absolute Gasteiger partial charge is 0.0437 e. The highest BCUT2D eigenvalue weighted by atomic mass is 16.3. The minimum Gasteiger partial charge on any atom is -0.396 e. The lowest BCUT2D eigenvalue weighted by Gasteiger charge is -2.55. The van der Waals surface area contributed by atoms with Crippen LogP contribution in [0.1, 0.15) is 40.0 Å². The lowest BCUT2D eigenvalue weighted by atomic mass is 9.53. The Balaban J connectivity index is 2.63. The zero-order valence-corrected chi connectivity index (χ0v) is 8.43. The average Bonchev–Trinajstić information content (AvgIpc) is 1.81. The van der Waals surface area contributed by atoms with Crippen molar-refractivity contribution >= 4 is 0 Å². The maximum Gasteiger partial charge on any atom is 0.0437 e. The van der Waals surface area contributed by atoms with Crippen LogP contribution >= 0.6 is 0 Å². The van der Waals surface area contributed by atoms with Crippen LogP contribution in [-0.2, 0) is 0 Å². The Kier molecular flexibility index (Phi) is 2.50. The van der Waals surface area contributed by atoms with E-state index >= 15 is 0 Å². The summed E-state index contributed by atoms with van der Waals surface area (Å²) in [6, 6.07) is 0. The zero-order chi connectivity index (χ0) is 9.41. The van der Waals surface area contributed by atoms with Crippen molar-refractivity contribution in [3.8, 4) is 0 Å². The van der Waals surface area contributed by atoms with Crippen molar-refractivity contribution in [1.82, 2.24) is 0 Å². The van der Waals surface area contributed by atoms with Crippen molar-refractivity contribution in [1.29, 1.82) is 0 Å². The first-order valence-electron chi connectivity index (χ1n) is 4.81. The van der Waals surface area contributed by atoms with E-state index in [4.69, 9.17) is 10.8 Å². The molecule has 2 heteroatoms. The molecule has 0 aromatic rings. The zero-order valence-electron chi connectivity index (χ0n) is 8.43. The molecule has 0 bridgehead atoms. The summed E-state index contributed by atoms with van der Waals surface area (Å²) in [7, 11) is 0. The van der Waals surface area contributed by atoms with E-state index in [1.807, 2.05) is 0 Å². The molecule has 0 radical (unpaired) electrons. The summed E-state index contributed by atoms with van der Waals surface area (Å²) in [4.78, 5) is 0. The molecule has 0 aromatic heterocycles. The summed E-state index contributed by atoms with van der Waals surface area (Å²) >= 11 is 0. The summed E-state index contributed by atoms with van der Waals surface area (Å²) < 4.78 is 0. The van der Waals surface area contributed by atoms with Gasteiger partial charge in [0.2, 0.25) is 0 Å². The van der Waals surface area contributed by atoms with Crippen LogP contribution in [0.4, 0.5) is 0 Å². The normalized spacial score (nSPS) is 36.2. The summed E-state index contributed by atoms with van der Waals surface area (Å²) in [6.45, 7) is 6.68. The second-order valence-corrected chi connectivity index (χ2v) is 4.99. The van der Waals surface area contributed by atoms with Crippen LogP contribution < -0.4 is 5.73 Å². The van der Waals surface area contributed by atoms with E-state index in [0.29, 0.717) is 0 Å². The Morgan fingerprint density at radius 2 is 2.00 bits per heavy atom. The van der Waals surface area contributed by atoms with E-state index < -0.39 is 0 Å². The van der Waals surface area contributed by atoms with Crippen molar-refractivity contribution in [3.63, 3.8) is 0 Å². The van der Waals surface area contributed by atoms with E-state index in [2.05, 4.69) is 20.8 Å². The molecule has 1 fully saturated rings. The highest BCUT2D eigenvalue weighted by Gasteiger charge is 2.49. The molecule has 1 aliphatic carbocycles. The average molecular weight is 171 g/mol. The molecule has 0 aliphatic heterocycles. The molecule has 0 heterocycles. The number of aliphatic hydroxyl groups excluding tert-OH is 1. The highest BCUT2D eigenvalue weighted by molar-refractivity contribution is 5.04. The van der Waals surface area contributed by atoms with Gasteiger partial charge < -0.3 is 10.8 Å². The van der Waals surface area contributed by atoms with Crippen molar-refractivity contribution in [2.45, 2.75) is 45.6 Å². The van der Waals surface area contributed by atoms with Gasteiger partial charge in [-0.3, -0.25) is 0 Å². The largest absolute Gasteiger partial charge is 0.396 e. The maximum atomic E-state index is 8.96. The first-order chi connectivity index (χ1) is 5.41. The van der Waals surface area contributed by atoms with Crippen molar-refractivity contribution < 1.29 is 5.11 Å². The van der Waals surface area contributed by atoms with Gasteiger partial charge in [-0.05, 0) is 44.4 Å². The fourth-order valence-electron chi connectivity index (χ4n) is 2.54. The predicted molar refractivity (Wildman–Crippen MR) is 50.8 cm³/mol. The standard InChI is InChI=1S/C10H21NO/c1-8-6-10(7-8,4-5-12)9(2,3)11/h8,12H,4-7,11H2,1-3H3. The third-order valence-electron chi connectivity index (χ3n) is 3.44. The van der Waals surface area contributed by atoms with Gasteiger partial charge in [0, 0.05) is 12.1 Å². The Bertz CT molecular complexity index is 148. The van der Waals surface area contributed by atoms with Gasteiger partial charge in [-0.1, -0.05) is 6.92 Å². The summed E-state index contributed by atoms with van der Waals surface area (Å²) in [6.07, 6.45) is 3.22. The van der Waals surface area contributed by atoms with Gasteiger partial charge in [-0.15, -0.1) is 0 Å². The molecule has 12 heavy (non-hydrogen) atoms. The molecule has 0 spiro atoms.